The molecule has 0 heterocycles. The highest BCUT2D eigenvalue weighted by Gasteiger charge is 2.23. The molecule has 0 atom stereocenters. The van der Waals surface area contributed by atoms with Crippen molar-refractivity contribution < 1.29 is 22.7 Å². The number of methoxy groups -OCH3 is 1. The van der Waals surface area contributed by atoms with Crippen LogP contribution in [0.15, 0.2) is 70.0 Å². The minimum absolute atomic E-state index is 0.0178. The second-order valence-electron chi connectivity index (χ2n) is 7.63. The lowest BCUT2D eigenvalue weighted by molar-refractivity contribution is 0.0500. The highest BCUT2D eigenvalue weighted by molar-refractivity contribution is 9.10. The van der Waals surface area contributed by atoms with Crippen LogP contribution in [0.3, 0.4) is 0 Å². The second kappa shape index (κ2) is 12.7. The lowest BCUT2D eigenvalue weighted by atomic mass is 10.1. The quantitative estimate of drug-likeness (QED) is 0.213. The number of esters is 1. The predicted molar refractivity (Wildman–Crippen MR) is 141 cm³/mol. The SMILES string of the molecule is COc1ccc(CCNS(=O)(=O)c2cc(C(=O)OCCCc3cccc(Br)c3)c(Cl)cc2Cl)cc1. The summed E-state index contributed by atoms with van der Waals surface area (Å²) < 4.78 is 39.6. The fourth-order valence-electron chi connectivity index (χ4n) is 3.30. The molecule has 10 heteroatoms. The first kappa shape index (κ1) is 27.5. The smallest absolute Gasteiger partial charge is 0.339 e. The van der Waals surface area contributed by atoms with Gasteiger partial charge < -0.3 is 9.47 Å². The van der Waals surface area contributed by atoms with Gasteiger partial charge >= 0.3 is 5.97 Å². The number of nitrogens with one attached hydrogen (secondary N) is 1. The van der Waals surface area contributed by atoms with E-state index in [4.69, 9.17) is 32.7 Å². The maximum atomic E-state index is 12.9. The molecule has 35 heavy (non-hydrogen) atoms. The Bertz CT molecular complexity index is 1280. The van der Waals surface area contributed by atoms with Crippen molar-refractivity contribution in [2.75, 3.05) is 20.3 Å². The Morgan fingerprint density at radius 2 is 1.71 bits per heavy atom. The molecular weight excluding hydrogens is 577 g/mol. The van der Waals surface area contributed by atoms with Crippen molar-refractivity contribution in [2.24, 2.45) is 0 Å². The number of rotatable bonds is 11. The Morgan fingerprint density at radius 3 is 2.40 bits per heavy atom. The van der Waals surface area contributed by atoms with Crippen LogP contribution in [-0.4, -0.2) is 34.6 Å². The van der Waals surface area contributed by atoms with E-state index >= 15 is 0 Å². The standard InChI is InChI=1S/C25H24BrCl2NO5S/c1-33-20-9-7-17(8-10-20)11-12-29-35(31,32)24-15-21(22(27)16-23(24)28)25(30)34-13-3-5-18-4-2-6-19(26)14-18/h2,4,6-10,14-16,29H,3,5,11-13H2,1H3. The van der Waals surface area contributed by atoms with Gasteiger partial charge in [-0.2, -0.15) is 0 Å². The van der Waals surface area contributed by atoms with Crippen LogP contribution in [0.2, 0.25) is 10.0 Å². The zero-order valence-electron chi connectivity index (χ0n) is 18.9. The lowest BCUT2D eigenvalue weighted by Gasteiger charge is -2.12. The number of carbonyl (C=O) groups is 1. The Hall–Kier alpha value is -2.10. The largest absolute Gasteiger partial charge is 0.497 e. The number of carbonyl (C=O) groups excluding carboxylic acids is 1. The number of sulfonamides is 1. The van der Waals surface area contributed by atoms with E-state index in [9.17, 15) is 13.2 Å². The van der Waals surface area contributed by atoms with Gasteiger partial charge in [-0.05, 0) is 66.8 Å². The highest BCUT2D eigenvalue weighted by atomic mass is 79.9. The number of aryl methyl sites for hydroxylation is 1. The van der Waals surface area contributed by atoms with E-state index in [1.165, 1.54) is 6.07 Å². The molecule has 3 aromatic rings. The van der Waals surface area contributed by atoms with Crippen LogP contribution in [0, 0.1) is 0 Å². The van der Waals surface area contributed by atoms with Gasteiger partial charge in [-0.1, -0.05) is 63.4 Å². The first-order valence-electron chi connectivity index (χ1n) is 10.7. The molecule has 0 bridgehead atoms. The summed E-state index contributed by atoms with van der Waals surface area (Å²) in [5.74, 6) is 0.00502. The van der Waals surface area contributed by atoms with Gasteiger partial charge in [0.25, 0.3) is 0 Å². The fraction of sp³-hybridized carbons (Fsp3) is 0.240. The van der Waals surface area contributed by atoms with Gasteiger partial charge in [0.05, 0.1) is 29.3 Å². The molecule has 3 rings (SSSR count). The molecule has 0 saturated heterocycles. The number of halogens is 3. The molecular formula is C25H24BrCl2NO5S. The van der Waals surface area contributed by atoms with Crippen molar-refractivity contribution in [3.63, 3.8) is 0 Å². The molecule has 0 aliphatic carbocycles. The average Bonchev–Trinajstić information content (AvgIpc) is 2.82. The summed E-state index contributed by atoms with van der Waals surface area (Å²) in [6.45, 7) is 0.301. The van der Waals surface area contributed by atoms with Crippen LogP contribution < -0.4 is 9.46 Å². The fourth-order valence-corrected chi connectivity index (χ4v) is 5.63. The van der Waals surface area contributed by atoms with Crippen molar-refractivity contribution >= 4 is 55.1 Å². The average molecular weight is 601 g/mol. The van der Waals surface area contributed by atoms with Crippen molar-refractivity contribution in [1.29, 1.82) is 0 Å². The van der Waals surface area contributed by atoms with Crippen LogP contribution in [-0.2, 0) is 27.6 Å². The van der Waals surface area contributed by atoms with Gasteiger partial charge in [0.1, 0.15) is 10.6 Å². The molecule has 0 aliphatic rings. The topological polar surface area (TPSA) is 81.7 Å². The number of hydrogen-bond donors (Lipinski definition) is 1. The summed E-state index contributed by atoms with van der Waals surface area (Å²) in [7, 11) is -2.41. The molecule has 0 fully saturated rings. The molecule has 1 N–H and O–H groups in total. The second-order valence-corrected chi connectivity index (χ2v) is 11.1. The predicted octanol–water partition coefficient (Wildman–Crippen LogP) is 6.08. The molecule has 3 aromatic carbocycles. The van der Waals surface area contributed by atoms with E-state index < -0.39 is 16.0 Å². The lowest BCUT2D eigenvalue weighted by Crippen LogP contribution is -2.26. The third-order valence-electron chi connectivity index (χ3n) is 5.13. The maximum absolute atomic E-state index is 12.9. The van der Waals surface area contributed by atoms with Crippen LogP contribution in [0.4, 0.5) is 0 Å². The molecule has 0 amide bonds. The van der Waals surface area contributed by atoms with Crippen molar-refractivity contribution in [2.45, 2.75) is 24.2 Å². The molecule has 0 spiro atoms. The minimum atomic E-state index is -3.99. The van der Waals surface area contributed by atoms with Gasteiger partial charge in [-0.3, -0.25) is 0 Å². The first-order valence-corrected chi connectivity index (χ1v) is 13.8. The summed E-state index contributed by atoms with van der Waals surface area (Å²) in [5, 5.41) is -0.0673. The van der Waals surface area contributed by atoms with E-state index in [0.717, 1.165) is 33.8 Å². The maximum Gasteiger partial charge on any atom is 0.339 e. The molecule has 0 radical (unpaired) electrons. The van der Waals surface area contributed by atoms with E-state index in [2.05, 4.69) is 20.7 Å². The van der Waals surface area contributed by atoms with Crippen molar-refractivity contribution in [3.05, 3.63) is 91.9 Å². The van der Waals surface area contributed by atoms with E-state index in [1.54, 1.807) is 19.2 Å². The van der Waals surface area contributed by atoms with Gasteiger partial charge in [-0.25, -0.2) is 17.9 Å². The van der Waals surface area contributed by atoms with Crippen molar-refractivity contribution in [1.82, 2.24) is 4.72 Å². The van der Waals surface area contributed by atoms with Crippen LogP contribution in [0.1, 0.15) is 27.9 Å². The first-order chi connectivity index (χ1) is 16.7. The monoisotopic (exact) mass is 599 g/mol. The third kappa shape index (κ3) is 7.95. The molecule has 0 aliphatic heterocycles. The Balaban J connectivity index is 1.61. The summed E-state index contributed by atoms with van der Waals surface area (Å²) >= 11 is 15.7. The van der Waals surface area contributed by atoms with Crippen LogP contribution in [0.25, 0.3) is 0 Å². The van der Waals surface area contributed by atoms with E-state index in [0.29, 0.717) is 12.8 Å². The van der Waals surface area contributed by atoms with Crippen LogP contribution in [0.5, 0.6) is 5.75 Å². The Kier molecular flexibility index (Phi) is 10.0. The Labute approximate surface area is 223 Å². The highest BCUT2D eigenvalue weighted by Crippen LogP contribution is 2.29. The van der Waals surface area contributed by atoms with Crippen LogP contribution >= 0.6 is 39.1 Å². The molecule has 0 unspecified atom stereocenters. The van der Waals surface area contributed by atoms with Gasteiger partial charge in [0.15, 0.2) is 0 Å². The molecule has 186 valence electrons. The molecule has 0 aromatic heterocycles. The van der Waals surface area contributed by atoms with Gasteiger partial charge in [0.2, 0.25) is 10.0 Å². The van der Waals surface area contributed by atoms with Gasteiger partial charge in [0, 0.05) is 11.0 Å². The van der Waals surface area contributed by atoms with E-state index in [-0.39, 0.29) is 33.7 Å². The number of benzene rings is 3. The third-order valence-corrected chi connectivity index (χ3v) is 7.86. The minimum Gasteiger partial charge on any atom is -0.497 e. The summed E-state index contributed by atoms with van der Waals surface area (Å²) in [6.07, 6.45) is 1.78. The normalized spacial score (nSPS) is 11.3. The molecule has 6 nitrogen and oxygen atoms in total. The molecule has 0 saturated carbocycles. The summed E-state index contributed by atoms with van der Waals surface area (Å²) in [5.41, 5.74) is 1.98. The summed E-state index contributed by atoms with van der Waals surface area (Å²) in [4.78, 5) is 12.4. The zero-order chi connectivity index (χ0) is 25.4. The van der Waals surface area contributed by atoms with E-state index in [1.807, 2.05) is 36.4 Å². The zero-order valence-corrected chi connectivity index (χ0v) is 22.8. The number of hydrogen-bond acceptors (Lipinski definition) is 5. The van der Waals surface area contributed by atoms with Crippen molar-refractivity contribution in [3.8, 4) is 5.75 Å². The Morgan fingerprint density at radius 1 is 0.971 bits per heavy atom. The van der Waals surface area contributed by atoms with Gasteiger partial charge in [-0.15, -0.1) is 0 Å². The summed E-state index contributed by atoms with van der Waals surface area (Å²) in [6, 6.07) is 17.6. The number of ether oxygens (including phenoxy) is 2.